The summed E-state index contributed by atoms with van der Waals surface area (Å²) in [6.45, 7) is 0. The number of nitriles is 1. The zero-order valence-corrected chi connectivity index (χ0v) is 14.9. The Hall–Kier alpha value is -4.25. The summed E-state index contributed by atoms with van der Waals surface area (Å²) in [7, 11) is 1.34. The minimum atomic E-state index is -0.430. The largest absolute Gasteiger partial charge is 0.465 e. The zero-order chi connectivity index (χ0) is 20.1. The summed E-state index contributed by atoms with van der Waals surface area (Å²) in [5.74, 6) is -0.844. The van der Waals surface area contributed by atoms with Crippen LogP contribution in [0.3, 0.4) is 0 Å². The van der Waals surface area contributed by atoms with E-state index >= 15 is 0 Å². The quantitative estimate of drug-likeness (QED) is 0.272. The van der Waals surface area contributed by atoms with E-state index in [1.807, 2.05) is 24.3 Å². The molecule has 3 rings (SSSR count). The van der Waals surface area contributed by atoms with E-state index in [9.17, 15) is 4.79 Å². The monoisotopic (exact) mass is 372 g/mol. The summed E-state index contributed by atoms with van der Waals surface area (Å²) in [5.41, 5.74) is 10.9. The molecule has 138 valence electrons. The lowest BCUT2D eigenvalue weighted by atomic mass is 10.0. The minimum absolute atomic E-state index is 0.206. The molecule has 4 N–H and O–H groups in total. The summed E-state index contributed by atoms with van der Waals surface area (Å²) in [6, 6.07) is 17.9. The number of pyridine rings is 1. The van der Waals surface area contributed by atoms with Crippen LogP contribution in [0, 0.1) is 16.7 Å². The molecule has 0 unspecified atom stereocenters. The van der Waals surface area contributed by atoms with Crippen LogP contribution in [0.4, 0.5) is 5.69 Å². The van der Waals surface area contributed by atoms with Crippen molar-refractivity contribution in [1.29, 1.82) is 10.7 Å². The number of hydrazone groups is 1. The lowest BCUT2D eigenvalue weighted by molar-refractivity contribution is 0.0603. The van der Waals surface area contributed by atoms with Gasteiger partial charge in [0.1, 0.15) is 6.07 Å². The molecule has 28 heavy (non-hydrogen) atoms. The number of hydrogen-bond donors (Lipinski definition) is 3. The molecule has 8 nitrogen and oxygen atoms in total. The average molecular weight is 372 g/mol. The molecule has 0 spiro atoms. The van der Waals surface area contributed by atoms with Crippen LogP contribution >= 0.6 is 0 Å². The molecule has 1 aromatic heterocycles. The van der Waals surface area contributed by atoms with Gasteiger partial charge >= 0.3 is 5.97 Å². The van der Waals surface area contributed by atoms with Crippen molar-refractivity contribution in [1.82, 2.24) is 4.98 Å². The molecule has 0 saturated carbocycles. The number of hydrogen-bond acceptors (Lipinski definition) is 7. The number of anilines is 1. The van der Waals surface area contributed by atoms with Gasteiger partial charge in [-0.25, -0.2) is 9.78 Å². The highest BCUT2D eigenvalue weighted by atomic mass is 16.5. The average Bonchev–Trinajstić information content (AvgIpc) is 2.73. The van der Waals surface area contributed by atoms with Crippen molar-refractivity contribution < 1.29 is 9.53 Å². The summed E-state index contributed by atoms with van der Waals surface area (Å²) >= 11 is 0. The highest BCUT2D eigenvalue weighted by Crippen LogP contribution is 2.26. The van der Waals surface area contributed by atoms with E-state index in [4.69, 9.17) is 21.1 Å². The second-order valence-corrected chi connectivity index (χ2v) is 5.74. The van der Waals surface area contributed by atoms with Gasteiger partial charge in [-0.05, 0) is 24.3 Å². The molecule has 8 heteroatoms. The number of rotatable bonds is 5. The third-order valence-electron chi connectivity index (χ3n) is 3.96. The Balaban J connectivity index is 1.96. The Morgan fingerprint density at radius 3 is 2.61 bits per heavy atom. The predicted octanol–water partition coefficient (Wildman–Crippen LogP) is 2.92. The number of nitrogens with zero attached hydrogens (tertiary/aromatic N) is 3. The number of ether oxygens (including phenoxy) is 1. The molecular formula is C20H16N6O2. The van der Waals surface area contributed by atoms with Crippen molar-refractivity contribution in [2.75, 3.05) is 12.5 Å². The number of carbonyl (C=O) groups is 1. The van der Waals surface area contributed by atoms with E-state index in [-0.39, 0.29) is 5.71 Å². The third-order valence-corrected chi connectivity index (χ3v) is 3.96. The molecule has 0 amide bonds. The number of carbonyl (C=O) groups excluding carboxylic acids is 1. The van der Waals surface area contributed by atoms with E-state index in [1.54, 1.807) is 36.4 Å². The molecule has 0 aliphatic rings. The van der Waals surface area contributed by atoms with Crippen molar-refractivity contribution in [2.24, 2.45) is 10.8 Å². The van der Waals surface area contributed by atoms with Crippen molar-refractivity contribution in [3.8, 4) is 17.3 Å². The Kier molecular flexibility index (Phi) is 5.28. The van der Waals surface area contributed by atoms with E-state index in [1.165, 1.54) is 7.11 Å². The summed E-state index contributed by atoms with van der Waals surface area (Å²) in [5, 5.41) is 20.6. The summed E-state index contributed by atoms with van der Waals surface area (Å²) < 4.78 is 4.89. The molecule has 2 aromatic carbocycles. The van der Waals surface area contributed by atoms with E-state index < -0.39 is 11.8 Å². The smallest absolute Gasteiger partial charge is 0.338 e. The maximum atomic E-state index is 12.2. The fourth-order valence-corrected chi connectivity index (χ4v) is 2.58. The minimum Gasteiger partial charge on any atom is -0.465 e. The van der Waals surface area contributed by atoms with Gasteiger partial charge in [0.15, 0.2) is 5.84 Å². The number of para-hydroxylation sites is 1. The van der Waals surface area contributed by atoms with Crippen LogP contribution in [0.2, 0.25) is 0 Å². The van der Waals surface area contributed by atoms with Crippen LogP contribution in [0.15, 0.2) is 59.7 Å². The van der Waals surface area contributed by atoms with Crippen LogP contribution in [-0.2, 0) is 4.74 Å². The van der Waals surface area contributed by atoms with E-state index in [0.717, 1.165) is 10.9 Å². The van der Waals surface area contributed by atoms with Gasteiger partial charge in [0, 0.05) is 10.9 Å². The molecular weight excluding hydrogens is 356 g/mol. The number of amidine groups is 1. The third kappa shape index (κ3) is 3.78. The second-order valence-electron chi connectivity index (χ2n) is 5.74. The van der Waals surface area contributed by atoms with Gasteiger partial charge in [0.05, 0.1) is 29.6 Å². The summed E-state index contributed by atoms with van der Waals surface area (Å²) in [6.07, 6.45) is 0. The highest BCUT2D eigenvalue weighted by Gasteiger charge is 2.14. The molecule has 0 saturated heterocycles. The molecule has 0 radical (unpaired) electrons. The Morgan fingerprint density at radius 1 is 1.25 bits per heavy atom. The normalized spacial score (nSPS) is 10.9. The van der Waals surface area contributed by atoms with Gasteiger partial charge < -0.3 is 10.5 Å². The molecule has 0 fully saturated rings. The maximum absolute atomic E-state index is 12.2. The zero-order valence-electron chi connectivity index (χ0n) is 14.9. The molecule has 0 atom stereocenters. The SMILES string of the molecule is COC(=O)c1cc(-c2ccc(N/N=C(\C#N)C(=N)N)cc2)nc2ccccc12. The first kappa shape index (κ1) is 18.5. The van der Waals surface area contributed by atoms with Crippen molar-refractivity contribution in [3.05, 3.63) is 60.2 Å². The van der Waals surface area contributed by atoms with Gasteiger partial charge in [-0.3, -0.25) is 10.8 Å². The molecule has 0 bridgehead atoms. The van der Waals surface area contributed by atoms with Crippen molar-refractivity contribution in [2.45, 2.75) is 0 Å². The van der Waals surface area contributed by atoms with Crippen LogP contribution in [-0.4, -0.2) is 29.6 Å². The van der Waals surface area contributed by atoms with Gasteiger partial charge in [0.2, 0.25) is 5.71 Å². The standard InChI is InChI=1S/C20H16N6O2/c1-28-20(27)15-10-17(24-16-5-3-2-4-14(15)16)12-6-8-13(9-7-12)25-26-18(11-21)19(22)23/h2-10,25H,1H3,(H3,22,23)/b26-18+. The Bertz CT molecular complexity index is 1130. The second kappa shape index (κ2) is 7.97. The van der Waals surface area contributed by atoms with Crippen LogP contribution in [0.1, 0.15) is 10.4 Å². The van der Waals surface area contributed by atoms with Crippen LogP contribution in [0.5, 0.6) is 0 Å². The van der Waals surface area contributed by atoms with Gasteiger partial charge in [-0.1, -0.05) is 30.3 Å². The van der Waals surface area contributed by atoms with Crippen LogP contribution in [0.25, 0.3) is 22.2 Å². The first-order chi connectivity index (χ1) is 13.5. The Labute approximate surface area is 160 Å². The van der Waals surface area contributed by atoms with Gasteiger partial charge in [0.25, 0.3) is 0 Å². The molecule has 3 aromatic rings. The van der Waals surface area contributed by atoms with E-state index in [2.05, 4.69) is 15.5 Å². The summed E-state index contributed by atoms with van der Waals surface area (Å²) in [4.78, 5) is 16.8. The highest BCUT2D eigenvalue weighted by molar-refractivity contribution is 6.45. The number of benzene rings is 2. The lowest BCUT2D eigenvalue weighted by Gasteiger charge is -2.09. The van der Waals surface area contributed by atoms with Gasteiger partial charge in [-0.2, -0.15) is 10.4 Å². The predicted molar refractivity (Wildman–Crippen MR) is 107 cm³/mol. The van der Waals surface area contributed by atoms with Gasteiger partial charge in [-0.15, -0.1) is 0 Å². The fourth-order valence-electron chi connectivity index (χ4n) is 2.58. The first-order valence-electron chi connectivity index (χ1n) is 8.20. The van der Waals surface area contributed by atoms with Crippen molar-refractivity contribution in [3.63, 3.8) is 0 Å². The number of esters is 1. The van der Waals surface area contributed by atoms with E-state index in [0.29, 0.717) is 22.5 Å². The number of nitrogens with two attached hydrogens (primary N) is 1. The first-order valence-corrected chi connectivity index (χ1v) is 8.20. The molecule has 0 aliphatic heterocycles. The van der Waals surface area contributed by atoms with Crippen LogP contribution < -0.4 is 11.2 Å². The number of methoxy groups -OCH3 is 1. The molecule has 0 aliphatic carbocycles. The number of nitrogens with one attached hydrogen (secondary N) is 2. The number of fused-ring (bicyclic) bond motifs is 1. The topological polar surface area (TPSA) is 137 Å². The Morgan fingerprint density at radius 2 is 1.96 bits per heavy atom. The lowest BCUT2D eigenvalue weighted by Crippen LogP contribution is -2.21. The fraction of sp³-hybridized carbons (Fsp3) is 0.0500. The van der Waals surface area contributed by atoms with Crippen molar-refractivity contribution >= 4 is 34.1 Å². The number of aromatic nitrogens is 1. The maximum Gasteiger partial charge on any atom is 0.338 e. The molecule has 1 heterocycles.